The van der Waals surface area contributed by atoms with E-state index in [4.69, 9.17) is 10.5 Å². The lowest BCUT2D eigenvalue weighted by molar-refractivity contribution is -0.0659. The second kappa shape index (κ2) is 3.35. The number of ether oxygens (including phenoxy) is 1. The van der Waals surface area contributed by atoms with Crippen LogP contribution in [0.2, 0.25) is 0 Å². The van der Waals surface area contributed by atoms with Gasteiger partial charge in [0.1, 0.15) is 5.72 Å². The third kappa shape index (κ3) is 1.17. The molecule has 1 saturated heterocycles. The summed E-state index contributed by atoms with van der Waals surface area (Å²) < 4.78 is 5.67. The highest BCUT2D eigenvalue weighted by atomic mass is 16.5. The fourth-order valence-electron chi connectivity index (χ4n) is 2.47. The molecule has 0 aromatic carbocycles. The Morgan fingerprint density at radius 1 is 1.17 bits per heavy atom. The highest BCUT2D eigenvalue weighted by Crippen LogP contribution is 2.47. The molecule has 0 saturated carbocycles. The zero-order valence-electron chi connectivity index (χ0n) is 8.52. The monoisotopic (exact) mass is 171 g/mol. The van der Waals surface area contributed by atoms with Crippen molar-refractivity contribution in [1.82, 2.24) is 0 Å². The maximum absolute atomic E-state index is 6.24. The van der Waals surface area contributed by atoms with Gasteiger partial charge in [0.2, 0.25) is 0 Å². The third-order valence-corrected chi connectivity index (χ3v) is 3.72. The van der Waals surface area contributed by atoms with Gasteiger partial charge < -0.3 is 10.5 Å². The molecule has 2 nitrogen and oxygen atoms in total. The molecule has 0 aromatic rings. The van der Waals surface area contributed by atoms with E-state index in [1.165, 1.54) is 0 Å². The highest BCUT2D eigenvalue weighted by Gasteiger charge is 2.50. The Morgan fingerprint density at radius 3 is 2.08 bits per heavy atom. The molecule has 12 heavy (non-hydrogen) atoms. The van der Waals surface area contributed by atoms with Crippen LogP contribution >= 0.6 is 0 Å². The van der Waals surface area contributed by atoms with Crippen molar-refractivity contribution in [1.29, 1.82) is 0 Å². The minimum Gasteiger partial charge on any atom is -0.360 e. The zero-order chi connectivity index (χ0) is 9.24. The SMILES string of the molecule is CCC1(CC)CCOC1(N)CC. The van der Waals surface area contributed by atoms with E-state index >= 15 is 0 Å². The van der Waals surface area contributed by atoms with Crippen LogP contribution in [0, 0.1) is 5.41 Å². The number of rotatable bonds is 3. The Hall–Kier alpha value is -0.0800. The van der Waals surface area contributed by atoms with Gasteiger partial charge in [-0.15, -0.1) is 0 Å². The smallest absolute Gasteiger partial charge is 0.122 e. The molecule has 0 spiro atoms. The average Bonchev–Trinajstić information content (AvgIpc) is 2.44. The molecule has 1 fully saturated rings. The summed E-state index contributed by atoms with van der Waals surface area (Å²) in [7, 11) is 0. The summed E-state index contributed by atoms with van der Waals surface area (Å²) in [5, 5.41) is 0. The molecule has 1 aliphatic heterocycles. The lowest BCUT2D eigenvalue weighted by Crippen LogP contribution is -2.52. The van der Waals surface area contributed by atoms with Crippen LogP contribution in [0.3, 0.4) is 0 Å². The van der Waals surface area contributed by atoms with Crippen LogP contribution in [-0.2, 0) is 4.74 Å². The normalized spacial score (nSPS) is 34.0. The predicted octanol–water partition coefficient (Wildman–Crippen LogP) is 2.28. The van der Waals surface area contributed by atoms with Crippen molar-refractivity contribution in [2.75, 3.05) is 6.61 Å². The van der Waals surface area contributed by atoms with Crippen molar-refractivity contribution < 1.29 is 4.74 Å². The van der Waals surface area contributed by atoms with E-state index in [0.29, 0.717) is 0 Å². The van der Waals surface area contributed by atoms with Gasteiger partial charge in [0.05, 0.1) is 0 Å². The summed E-state index contributed by atoms with van der Waals surface area (Å²) in [4.78, 5) is 0. The minimum atomic E-state index is -0.351. The second-order valence-electron chi connectivity index (χ2n) is 3.83. The molecule has 0 bridgehead atoms. The van der Waals surface area contributed by atoms with Crippen molar-refractivity contribution in [3.05, 3.63) is 0 Å². The van der Waals surface area contributed by atoms with Crippen LogP contribution in [-0.4, -0.2) is 12.3 Å². The van der Waals surface area contributed by atoms with Gasteiger partial charge >= 0.3 is 0 Å². The van der Waals surface area contributed by atoms with Crippen molar-refractivity contribution in [2.45, 2.75) is 52.2 Å². The van der Waals surface area contributed by atoms with E-state index in [2.05, 4.69) is 20.8 Å². The first-order valence-corrected chi connectivity index (χ1v) is 5.07. The number of hydrogen-bond acceptors (Lipinski definition) is 2. The molecule has 1 atom stereocenters. The molecule has 2 heteroatoms. The van der Waals surface area contributed by atoms with E-state index in [-0.39, 0.29) is 11.1 Å². The highest BCUT2D eigenvalue weighted by molar-refractivity contribution is 4.97. The maximum Gasteiger partial charge on any atom is 0.122 e. The van der Waals surface area contributed by atoms with Crippen LogP contribution < -0.4 is 5.73 Å². The molecule has 2 N–H and O–H groups in total. The fraction of sp³-hybridized carbons (Fsp3) is 1.00. The largest absolute Gasteiger partial charge is 0.360 e. The van der Waals surface area contributed by atoms with Gasteiger partial charge in [-0.05, 0) is 25.7 Å². The van der Waals surface area contributed by atoms with Gasteiger partial charge in [-0.2, -0.15) is 0 Å². The molecule has 0 radical (unpaired) electrons. The summed E-state index contributed by atoms with van der Waals surface area (Å²) in [6.45, 7) is 7.39. The van der Waals surface area contributed by atoms with Crippen LogP contribution in [0.1, 0.15) is 46.5 Å². The zero-order valence-corrected chi connectivity index (χ0v) is 8.52. The number of nitrogens with two attached hydrogens (primary N) is 1. The molecule has 1 aliphatic rings. The van der Waals surface area contributed by atoms with Crippen LogP contribution in [0.15, 0.2) is 0 Å². The molecule has 1 heterocycles. The Morgan fingerprint density at radius 2 is 1.75 bits per heavy atom. The van der Waals surface area contributed by atoms with Crippen molar-refractivity contribution in [3.8, 4) is 0 Å². The Kier molecular flexibility index (Phi) is 2.79. The first-order valence-electron chi connectivity index (χ1n) is 5.07. The van der Waals surface area contributed by atoms with Crippen LogP contribution in [0.25, 0.3) is 0 Å². The molecule has 0 amide bonds. The quantitative estimate of drug-likeness (QED) is 0.707. The van der Waals surface area contributed by atoms with Crippen molar-refractivity contribution in [3.63, 3.8) is 0 Å². The fourth-order valence-corrected chi connectivity index (χ4v) is 2.47. The predicted molar refractivity (Wildman–Crippen MR) is 50.8 cm³/mol. The first-order chi connectivity index (χ1) is 5.64. The van der Waals surface area contributed by atoms with Gasteiger partial charge in [-0.25, -0.2) is 0 Å². The van der Waals surface area contributed by atoms with Crippen LogP contribution in [0.5, 0.6) is 0 Å². The molecule has 0 aromatic heterocycles. The molecular formula is C10H21NO. The molecule has 72 valence electrons. The number of hydrogen-bond donors (Lipinski definition) is 1. The van der Waals surface area contributed by atoms with Gasteiger partial charge in [0.15, 0.2) is 0 Å². The molecule has 0 aliphatic carbocycles. The Labute approximate surface area is 75.5 Å². The lowest BCUT2D eigenvalue weighted by atomic mass is 9.71. The summed E-state index contributed by atoms with van der Waals surface area (Å²) in [5.74, 6) is 0. The van der Waals surface area contributed by atoms with E-state index in [1.807, 2.05) is 0 Å². The summed E-state index contributed by atoms with van der Waals surface area (Å²) in [5.41, 5.74) is 6.12. The van der Waals surface area contributed by atoms with E-state index < -0.39 is 0 Å². The summed E-state index contributed by atoms with van der Waals surface area (Å²) in [6.07, 6.45) is 4.32. The summed E-state index contributed by atoms with van der Waals surface area (Å²) >= 11 is 0. The minimum absolute atomic E-state index is 0.238. The Balaban J connectivity index is 2.85. The second-order valence-corrected chi connectivity index (χ2v) is 3.83. The molecule has 1 rings (SSSR count). The Bertz CT molecular complexity index is 154. The summed E-state index contributed by atoms with van der Waals surface area (Å²) in [6, 6.07) is 0. The van der Waals surface area contributed by atoms with Crippen molar-refractivity contribution >= 4 is 0 Å². The van der Waals surface area contributed by atoms with E-state index in [1.54, 1.807) is 0 Å². The van der Waals surface area contributed by atoms with Gasteiger partial charge in [-0.3, -0.25) is 0 Å². The van der Waals surface area contributed by atoms with E-state index in [0.717, 1.165) is 32.3 Å². The molecule has 1 unspecified atom stereocenters. The molecular weight excluding hydrogens is 150 g/mol. The first kappa shape index (κ1) is 10.0. The van der Waals surface area contributed by atoms with Crippen LogP contribution in [0.4, 0.5) is 0 Å². The third-order valence-electron chi connectivity index (χ3n) is 3.72. The standard InChI is InChI=1S/C10H21NO/c1-4-9(5-2)7-8-12-10(9,11)6-3/h4-8,11H2,1-3H3. The lowest BCUT2D eigenvalue weighted by Gasteiger charge is -2.40. The van der Waals surface area contributed by atoms with Gasteiger partial charge in [0.25, 0.3) is 0 Å². The van der Waals surface area contributed by atoms with Gasteiger partial charge in [0, 0.05) is 12.0 Å². The van der Waals surface area contributed by atoms with E-state index in [9.17, 15) is 0 Å². The average molecular weight is 171 g/mol. The van der Waals surface area contributed by atoms with Crippen molar-refractivity contribution in [2.24, 2.45) is 11.1 Å². The maximum atomic E-state index is 6.24. The topological polar surface area (TPSA) is 35.2 Å². The van der Waals surface area contributed by atoms with Gasteiger partial charge in [-0.1, -0.05) is 20.8 Å².